The Hall–Kier alpha value is -3.38. The summed E-state index contributed by atoms with van der Waals surface area (Å²) in [5, 5.41) is 3.72. The average Bonchev–Trinajstić information content (AvgIpc) is 3.19. The molecule has 1 saturated heterocycles. The van der Waals surface area contributed by atoms with Gasteiger partial charge >= 0.3 is 0 Å². The SMILES string of the molecule is Cc1cc(Cl)ccc1NC(=O)C1CCN(c2nc3ccccc3n2Cc2cccc(F)c2)CC1. The van der Waals surface area contributed by atoms with Crippen LogP contribution < -0.4 is 10.2 Å². The van der Waals surface area contributed by atoms with Crippen molar-refractivity contribution in [1.82, 2.24) is 9.55 Å². The second-order valence-corrected chi connectivity index (χ2v) is 9.26. The first-order chi connectivity index (χ1) is 16.5. The lowest BCUT2D eigenvalue weighted by atomic mass is 9.96. The number of halogens is 2. The fraction of sp³-hybridized carbons (Fsp3) is 0.259. The molecule has 1 aliphatic heterocycles. The van der Waals surface area contributed by atoms with Gasteiger partial charge in [0.2, 0.25) is 11.9 Å². The molecule has 2 heterocycles. The van der Waals surface area contributed by atoms with Gasteiger partial charge in [0.1, 0.15) is 5.82 Å². The standard InChI is InChI=1S/C27H26ClFN4O/c1-18-15-21(28)9-10-23(18)30-26(34)20-11-13-32(14-12-20)27-31-24-7-2-3-8-25(24)33(27)17-19-5-4-6-22(29)16-19/h2-10,15-16,20H,11-14,17H2,1H3,(H,30,34). The van der Waals surface area contributed by atoms with E-state index in [0.29, 0.717) is 11.6 Å². The minimum absolute atomic E-state index is 0.0401. The molecule has 7 heteroatoms. The minimum atomic E-state index is -0.244. The summed E-state index contributed by atoms with van der Waals surface area (Å²) in [6.07, 6.45) is 1.48. The zero-order chi connectivity index (χ0) is 23.7. The second-order valence-electron chi connectivity index (χ2n) is 8.83. The van der Waals surface area contributed by atoms with E-state index in [9.17, 15) is 9.18 Å². The lowest BCUT2D eigenvalue weighted by molar-refractivity contribution is -0.120. The molecule has 34 heavy (non-hydrogen) atoms. The highest BCUT2D eigenvalue weighted by Gasteiger charge is 2.28. The molecule has 0 atom stereocenters. The summed E-state index contributed by atoms with van der Waals surface area (Å²) in [5.74, 6) is 0.592. The van der Waals surface area contributed by atoms with Gasteiger partial charge in [-0.05, 0) is 73.4 Å². The molecule has 1 aliphatic rings. The molecule has 3 aromatic carbocycles. The monoisotopic (exact) mass is 476 g/mol. The number of nitrogens with one attached hydrogen (secondary N) is 1. The number of carbonyl (C=O) groups is 1. The van der Waals surface area contributed by atoms with Gasteiger partial charge in [-0.1, -0.05) is 35.9 Å². The van der Waals surface area contributed by atoms with Crippen LogP contribution in [0.2, 0.25) is 5.02 Å². The number of amides is 1. The molecule has 0 saturated carbocycles. The summed E-state index contributed by atoms with van der Waals surface area (Å²) in [5.41, 5.74) is 4.56. The Labute approximate surface area is 203 Å². The summed E-state index contributed by atoms with van der Waals surface area (Å²) in [6.45, 7) is 3.92. The Morgan fingerprint density at radius 2 is 1.88 bits per heavy atom. The molecule has 0 aliphatic carbocycles. The van der Waals surface area contributed by atoms with Crippen LogP contribution in [-0.2, 0) is 11.3 Å². The van der Waals surface area contributed by atoms with E-state index < -0.39 is 0 Å². The fourth-order valence-electron chi connectivity index (χ4n) is 4.62. The van der Waals surface area contributed by atoms with Crippen molar-refractivity contribution in [2.24, 2.45) is 5.92 Å². The van der Waals surface area contributed by atoms with E-state index in [1.54, 1.807) is 18.2 Å². The minimum Gasteiger partial charge on any atom is -0.342 e. The number of carbonyl (C=O) groups excluding carboxylic acids is 1. The number of benzene rings is 3. The quantitative estimate of drug-likeness (QED) is 0.382. The van der Waals surface area contributed by atoms with E-state index in [-0.39, 0.29) is 17.6 Å². The Kier molecular flexibility index (Phi) is 6.24. The molecule has 0 radical (unpaired) electrons. The number of hydrogen-bond donors (Lipinski definition) is 1. The number of nitrogens with zero attached hydrogens (tertiary/aromatic N) is 3. The first kappa shape index (κ1) is 22.4. The first-order valence-electron chi connectivity index (χ1n) is 11.5. The maximum absolute atomic E-state index is 13.8. The average molecular weight is 477 g/mol. The van der Waals surface area contributed by atoms with E-state index in [2.05, 4.69) is 14.8 Å². The number of fused-ring (bicyclic) bond motifs is 1. The molecule has 174 valence electrons. The van der Waals surface area contributed by atoms with Crippen LogP contribution in [0.3, 0.4) is 0 Å². The molecule has 5 nitrogen and oxygen atoms in total. The first-order valence-corrected chi connectivity index (χ1v) is 11.9. The Morgan fingerprint density at radius 1 is 1.09 bits per heavy atom. The molecule has 1 amide bonds. The third kappa shape index (κ3) is 4.64. The van der Waals surface area contributed by atoms with Gasteiger partial charge in [0.25, 0.3) is 0 Å². The van der Waals surface area contributed by atoms with Crippen LogP contribution in [0.15, 0.2) is 66.7 Å². The van der Waals surface area contributed by atoms with Crippen molar-refractivity contribution in [3.05, 3.63) is 88.7 Å². The Balaban J connectivity index is 1.33. The van der Waals surface area contributed by atoms with Crippen molar-refractivity contribution in [2.45, 2.75) is 26.3 Å². The van der Waals surface area contributed by atoms with Gasteiger partial charge in [-0.3, -0.25) is 4.79 Å². The molecular formula is C27H26ClFN4O. The summed E-state index contributed by atoms with van der Waals surface area (Å²) in [6, 6.07) is 20.2. The van der Waals surface area contributed by atoms with Crippen LogP contribution in [0.5, 0.6) is 0 Å². The van der Waals surface area contributed by atoms with Crippen molar-refractivity contribution in [3.8, 4) is 0 Å². The highest BCUT2D eigenvalue weighted by atomic mass is 35.5. The summed E-state index contributed by atoms with van der Waals surface area (Å²) >= 11 is 6.03. The third-order valence-electron chi connectivity index (χ3n) is 6.46. The largest absolute Gasteiger partial charge is 0.342 e. The number of hydrogen-bond acceptors (Lipinski definition) is 3. The molecule has 5 rings (SSSR count). The molecular weight excluding hydrogens is 451 g/mol. The van der Waals surface area contributed by atoms with E-state index in [4.69, 9.17) is 16.6 Å². The fourth-order valence-corrected chi connectivity index (χ4v) is 4.85. The molecule has 0 spiro atoms. The topological polar surface area (TPSA) is 50.2 Å². The van der Waals surface area contributed by atoms with Gasteiger partial charge in [0.15, 0.2) is 0 Å². The summed E-state index contributed by atoms with van der Waals surface area (Å²) in [4.78, 5) is 20.0. The van der Waals surface area contributed by atoms with Gasteiger partial charge < -0.3 is 14.8 Å². The normalized spacial score (nSPS) is 14.5. The van der Waals surface area contributed by atoms with Gasteiger partial charge in [-0.15, -0.1) is 0 Å². The van der Waals surface area contributed by atoms with Gasteiger partial charge in [0.05, 0.1) is 17.6 Å². The molecule has 1 aromatic heterocycles. The number of aromatic nitrogens is 2. The summed E-state index contributed by atoms with van der Waals surface area (Å²) < 4.78 is 15.9. The van der Waals surface area contributed by atoms with Gasteiger partial charge in [0, 0.05) is 29.7 Å². The van der Waals surface area contributed by atoms with Crippen molar-refractivity contribution in [2.75, 3.05) is 23.3 Å². The molecule has 1 N–H and O–H groups in total. The third-order valence-corrected chi connectivity index (χ3v) is 6.69. The molecule has 0 unspecified atom stereocenters. The van der Waals surface area contributed by atoms with Gasteiger partial charge in [-0.25, -0.2) is 9.37 Å². The van der Waals surface area contributed by atoms with Crippen molar-refractivity contribution in [1.29, 1.82) is 0 Å². The van der Waals surface area contributed by atoms with E-state index in [0.717, 1.165) is 59.7 Å². The van der Waals surface area contributed by atoms with E-state index in [1.807, 2.05) is 49.4 Å². The lowest BCUT2D eigenvalue weighted by Gasteiger charge is -2.32. The van der Waals surface area contributed by atoms with Crippen LogP contribution in [0.4, 0.5) is 16.0 Å². The second kappa shape index (κ2) is 9.47. The van der Waals surface area contributed by atoms with Crippen LogP contribution in [0.1, 0.15) is 24.0 Å². The maximum atomic E-state index is 13.8. The number of anilines is 2. The predicted molar refractivity (Wildman–Crippen MR) is 135 cm³/mol. The van der Waals surface area contributed by atoms with Crippen LogP contribution in [-0.4, -0.2) is 28.5 Å². The van der Waals surface area contributed by atoms with Crippen molar-refractivity contribution in [3.63, 3.8) is 0 Å². The Bertz CT molecular complexity index is 1340. The van der Waals surface area contributed by atoms with Crippen molar-refractivity contribution < 1.29 is 9.18 Å². The molecule has 0 bridgehead atoms. The Morgan fingerprint density at radius 3 is 2.65 bits per heavy atom. The number of aryl methyl sites for hydroxylation is 1. The predicted octanol–water partition coefficient (Wildman–Crippen LogP) is 6.04. The number of imidazole rings is 1. The van der Waals surface area contributed by atoms with Gasteiger partial charge in [-0.2, -0.15) is 0 Å². The maximum Gasteiger partial charge on any atom is 0.227 e. The van der Waals surface area contributed by atoms with Crippen molar-refractivity contribution >= 4 is 40.2 Å². The zero-order valence-corrected chi connectivity index (χ0v) is 19.7. The highest BCUT2D eigenvalue weighted by molar-refractivity contribution is 6.30. The summed E-state index contributed by atoms with van der Waals surface area (Å²) in [7, 11) is 0. The zero-order valence-electron chi connectivity index (χ0n) is 19.0. The van der Waals surface area contributed by atoms with Crippen LogP contribution in [0, 0.1) is 18.7 Å². The molecule has 4 aromatic rings. The van der Waals surface area contributed by atoms with Crippen LogP contribution in [0.25, 0.3) is 11.0 Å². The number of rotatable bonds is 5. The molecule has 1 fully saturated rings. The lowest BCUT2D eigenvalue weighted by Crippen LogP contribution is -2.39. The smallest absolute Gasteiger partial charge is 0.227 e. The van der Waals surface area contributed by atoms with E-state index >= 15 is 0 Å². The number of piperidine rings is 1. The highest BCUT2D eigenvalue weighted by Crippen LogP contribution is 2.29. The number of para-hydroxylation sites is 2. The van der Waals surface area contributed by atoms with Crippen LogP contribution >= 0.6 is 11.6 Å². The van der Waals surface area contributed by atoms with E-state index in [1.165, 1.54) is 6.07 Å².